The Morgan fingerprint density at radius 3 is 2.86 bits per heavy atom. The van der Waals surface area contributed by atoms with Gasteiger partial charge in [0, 0.05) is 16.3 Å². The quantitative estimate of drug-likeness (QED) is 0.703. The number of nitrogens with two attached hydrogens (primary N) is 1. The van der Waals surface area contributed by atoms with Crippen molar-refractivity contribution in [1.82, 2.24) is 0 Å². The summed E-state index contributed by atoms with van der Waals surface area (Å²) in [4.78, 5) is 37.5. The molecular weight excluding hydrogens is 416 g/mol. The van der Waals surface area contributed by atoms with Crippen LogP contribution >= 0.6 is 22.9 Å². The van der Waals surface area contributed by atoms with E-state index in [0.717, 1.165) is 41.7 Å². The van der Waals surface area contributed by atoms with Crippen molar-refractivity contribution in [3.63, 3.8) is 0 Å². The SMILES string of the molecule is NC(=O)c1c(NC(=O)COC(=O)C2Cc3cc(Cl)ccc3O2)sc2c1CCCC2. The Hall–Kier alpha value is -2.58. The van der Waals surface area contributed by atoms with Gasteiger partial charge in [0.05, 0.1) is 5.56 Å². The van der Waals surface area contributed by atoms with Gasteiger partial charge in [0.25, 0.3) is 11.8 Å². The van der Waals surface area contributed by atoms with Crippen molar-refractivity contribution >= 4 is 45.7 Å². The number of ether oxygens (including phenoxy) is 2. The third-order valence-corrected chi connectivity index (χ3v) is 6.42. The Balaban J connectivity index is 1.36. The van der Waals surface area contributed by atoms with Crippen molar-refractivity contribution in [2.45, 2.75) is 38.2 Å². The summed E-state index contributed by atoms with van der Waals surface area (Å²) in [6.07, 6.45) is 3.20. The molecule has 0 spiro atoms. The van der Waals surface area contributed by atoms with Gasteiger partial charge in [-0.25, -0.2) is 4.79 Å². The van der Waals surface area contributed by atoms with E-state index >= 15 is 0 Å². The van der Waals surface area contributed by atoms with Gasteiger partial charge < -0.3 is 20.5 Å². The van der Waals surface area contributed by atoms with Crippen molar-refractivity contribution in [3.05, 3.63) is 44.8 Å². The molecule has 0 saturated carbocycles. The zero-order valence-corrected chi connectivity index (χ0v) is 17.0. The van der Waals surface area contributed by atoms with Crippen LogP contribution in [-0.4, -0.2) is 30.5 Å². The molecule has 0 bridgehead atoms. The first-order valence-electron chi connectivity index (χ1n) is 9.28. The first-order valence-corrected chi connectivity index (χ1v) is 10.5. The van der Waals surface area contributed by atoms with Crippen LogP contribution < -0.4 is 15.8 Å². The van der Waals surface area contributed by atoms with Crippen LogP contribution in [0.4, 0.5) is 5.00 Å². The predicted molar refractivity (Wildman–Crippen MR) is 109 cm³/mol. The first-order chi connectivity index (χ1) is 13.9. The molecule has 1 unspecified atom stereocenters. The minimum absolute atomic E-state index is 0.333. The van der Waals surface area contributed by atoms with E-state index in [9.17, 15) is 14.4 Å². The van der Waals surface area contributed by atoms with Gasteiger partial charge in [0.2, 0.25) is 0 Å². The maximum atomic E-state index is 12.3. The van der Waals surface area contributed by atoms with Gasteiger partial charge in [-0.15, -0.1) is 11.3 Å². The highest BCUT2D eigenvalue weighted by molar-refractivity contribution is 7.17. The number of thiophene rings is 1. The number of rotatable bonds is 5. The van der Waals surface area contributed by atoms with Gasteiger partial charge in [-0.2, -0.15) is 0 Å². The van der Waals surface area contributed by atoms with E-state index in [2.05, 4.69) is 5.32 Å². The van der Waals surface area contributed by atoms with Crippen LogP contribution in [0, 0.1) is 0 Å². The number of nitrogens with one attached hydrogen (secondary N) is 1. The topological polar surface area (TPSA) is 108 Å². The van der Waals surface area contributed by atoms with E-state index in [0.29, 0.717) is 27.8 Å². The minimum atomic E-state index is -0.813. The number of amides is 2. The summed E-state index contributed by atoms with van der Waals surface area (Å²) in [7, 11) is 0. The fourth-order valence-electron chi connectivity index (χ4n) is 3.66. The molecule has 29 heavy (non-hydrogen) atoms. The third-order valence-electron chi connectivity index (χ3n) is 4.98. The van der Waals surface area contributed by atoms with Crippen LogP contribution in [-0.2, 0) is 33.6 Å². The number of halogens is 1. The number of fused-ring (bicyclic) bond motifs is 2. The lowest BCUT2D eigenvalue weighted by Crippen LogP contribution is -2.31. The average Bonchev–Trinajstić information content (AvgIpc) is 3.26. The highest BCUT2D eigenvalue weighted by atomic mass is 35.5. The molecule has 2 amide bonds. The molecule has 0 radical (unpaired) electrons. The molecule has 0 saturated heterocycles. The number of benzene rings is 1. The fourth-order valence-corrected chi connectivity index (χ4v) is 5.16. The number of aryl methyl sites for hydroxylation is 1. The van der Waals surface area contributed by atoms with Crippen molar-refractivity contribution in [3.8, 4) is 5.75 Å². The summed E-state index contributed by atoms with van der Waals surface area (Å²) in [6.45, 7) is -0.476. The monoisotopic (exact) mass is 434 g/mol. The molecule has 2 heterocycles. The molecule has 1 atom stereocenters. The molecule has 2 aliphatic rings. The van der Waals surface area contributed by atoms with Crippen molar-refractivity contribution in [2.24, 2.45) is 5.73 Å². The Bertz CT molecular complexity index is 1000. The maximum absolute atomic E-state index is 12.3. The summed E-state index contributed by atoms with van der Waals surface area (Å²) in [6, 6.07) is 5.11. The lowest BCUT2D eigenvalue weighted by Gasteiger charge is -2.11. The first kappa shape index (κ1) is 19.7. The van der Waals surface area contributed by atoms with Crippen molar-refractivity contribution in [1.29, 1.82) is 0 Å². The number of hydrogen-bond donors (Lipinski definition) is 2. The summed E-state index contributed by atoms with van der Waals surface area (Å²) >= 11 is 7.31. The molecule has 1 aromatic carbocycles. The second-order valence-corrected chi connectivity index (χ2v) is 8.54. The van der Waals surface area contributed by atoms with Crippen molar-refractivity contribution in [2.75, 3.05) is 11.9 Å². The van der Waals surface area contributed by atoms with Gasteiger partial charge in [0.15, 0.2) is 12.7 Å². The Morgan fingerprint density at radius 1 is 1.28 bits per heavy atom. The van der Waals surface area contributed by atoms with Crippen molar-refractivity contribution < 1.29 is 23.9 Å². The molecular formula is C20H19ClN2O5S. The number of anilines is 1. The van der Waals surface area contributed by atoms with Crippen LogP contribution in [0.2, 0.25) is 5.02 Å². The third kappa shape index (κ3) is 4.09. The average molecular weight is 435 g/mol. The van der Waals surface area contributed by atoms with E-state index in [4.69, 9.17) is 26.8 Å². The lowest BCUT2D eigenvalue weighted by atomic mass is 9.95. The van der Waals surface area contributed by atoms with Crippen LogP contribution in [0.25, 0.3) is 0 Å². The molecule has 0 fully saturated rings. The van der Waals surface area contributed by atoms with Gasteiger partial charge in [0.1, 0.15) is 10.8 Å². The molecule has 9 heteroatoms. The fraction of sp³-hybridized carbons (Fsp3) is 0.350. The molecule has 2 aromatic rings. The summed E-state index contributed by atoms with van der Waals surface area (Å²) < 4.78 is 10.7. The Kier molecular flexibility index (Phi) is 5.47. The summed E-state index contributed by atoms with van der Waals surface area (Å²) in [5, 5.41) is 3.64. The normalized spacial score (nSPS) is 17.1. The highest BCUT2D eigenvalue weighted by Crippen LogP contribution is 2.38. The maximum Gasteiger partial charge on any atom is 0.348 e. The summed E-state index contributed by atoms with van der Waals surface area (Å²) in [5.74, 6) is -1.14. The Morgan fingerprint density at radius 2 is 2.07 bits per heavy atom. The van der Waals surface area contributed by atoms with Gasteiger partial charge >= 0.3 is 5.97 Å². The number of primary amides is 1. The molecule has 1 aliphatic heterocycles. The van der Waals surface area contributed by atoms with Gasteiger partial charge in [-0.05, 0) is 55.0 Å². The molecule has 152 valence electrons. The summed E-state index contributed by atoms with van der Waals surface area (Å²) in [5.41, 5.74) is 7.64. The van der Waals surface area contributed by atoms with Crippen LogP contribution in [0.5, 0.6) is 5.75 Å². The molecule has 1 aromatic heterocycles. The van der Waals surface area contributed by atoms with E-state index in [1.165, 1.54) is 11.3 Å². The lowest BCUT2D eigenvalue weighted by molar-refractivity contribution is -0.153. The molecule has 1 aliphatic carbocycles. The predicted octanol–water partition coefficient (Wildman–Crippen LogP) is 2.86. The van der Waals surface area contributed by atoms with E-state index < -0.39 is 30.5 Å². The van der Waals surface area contributed by atoms with Gasteiger partial charge in [-0.1, -0.05) is 11.6 Å². The second-order valence-electron chi connectivity index (χ2n) is 7.00. The molecule has 4 rings (SSSR count). The van der Waals surface area contributed by atoms with E-state index in [1.54, 1.807) is 18.2 Å². The van der Waals surface area contributed by atoms with E-state index in [-0.39, 0.29) is 0 Å². The standard InChI is InChI=1S/C20H19ClN2O5S/c21-11-5-6-13-10(7-11)8-14(28-13)20(26)27-9-16(24)23-19-17(18(22)25)12-3-1-2-4-15(12)29-19/h5-7,14H,1-4,8-9H2,(H2,22,25)(H,23,24). The zero-order chi connectivity index (χ0) is 20.5. The zero-order valence-electron chi connectivity index (χ0n) is 15.5. The van der Waals surface area contributed by atoms with E-state index in [1.807, 2.05) is 0 Å². The largest absolute Gasteiger partial charge is 0.478 e. The molecule has 3 N–H and O–H groups in total. The number of hydrogen-bond acceptors (Lipinski definition) is 6. The van der Waals surface area contributed by atoms with Crippen LogP contribution in [0.3, 0.4) is 0 Å². The Labute approximate surface area is 176 Å². The highest BCUT2D eigenvalue weighted by Gasteiger charge is 2.31. The molecule has 7 nitrogen and oxygen atoms in total. The second kappa shape index (κ2) is 8.04. The van der Waals surface area contributed by atoms with Gasteiger partial charge in [-0.3, -0.25) is 9.59 Å². The van der Waals surface area contributed by atoms with Crippen LogP contribution in [0.15, 0.2) is 18.2 Å². The minimum Gasteiger partial charge on any atom is -0.478 e. The smallest absolute Gasteiger partial charge is 0.348 e. The van der Waals surface area contributed by atoms with Crippen LogP contribution in [0.1, 0.15) is 39.2 Å². The number of carbonyl (C=O) groups is 3. The number of esters is 1. The number of carbonyl (C=O) groups excluding carboxylic acids is 3.